The van der Waals surface area contributed by atoms with Crippen LogP contribution in [0.25, 0.3) is 11.1 Å². The van der Waals surface area contributed by atoms with E-state index in [0.29, 0.717) is 17.4 Å². The number of rotatable bonds is 5. The first-order valence-electron chi connectivity index (χ1n) is 7.66. The number of fused-ring (bicyclic) bond motifs is 1. The number of hydrogen-bond acceptors (Lipinski definition) is 5. The number of piperidine rings is 1. The van der Waals surface area contributed by atoms with Gasteiger partial charge in [0.1, 0.15) is 5.52 Å². The number of oxazole rings is 1. The van der Waals surface area contributed by atoms with Crippen LogP contribution in [-0.4, -0.2) is 45.8 Å². The summed E-state index contributed by atoms with van der Waals surface area (Å²) in [5.74, 6) is 0.430. The number of thioether (sulfide) groups is 1. The number of carbonyl (C=O) groups is 1. The van der Waals surface area contributed by atoms with Crippen LogP contribution in [0, 0.1) is 0 Å². The van der Waals surface area contributed by atoms with Crippen LogP contribution in [0.2, 0.25) is 0 Å². The fourth-order valence-corrected chi connectivity index (χ4v) is 3.62. The van der Waals surface area contributed by atoms with Crippen molar-refractivity contribution in [3.05, 3.63) is 24.3 Å². The Hall–Kier alpha value is -1.53. The molecule has 1 atom stereocenters. The number of carbonyl (C=O) groups excluding carboxylic acids is 1. The predicted octanol–water partition coefficient (Wildman–Crippen LogP) is 2.68. The van der Waals surface area contributed by atoms with Crippen LogP contribution in [0.4, 0.5) is 0 Å². The molecule has 1 N–H and O–H groups in total. The standard InChI is InChI=1S/C16H20N2O3S/c19-10-8-12-5-3-4-9-18(12)15(20)11-22-16-17-13-6-1-2-7-14(13)21-16/h1-2,6-7,12,19H,3-5,8-11H2. The summed E-state index contributed by atoms with van der Waals surface area (Å²) in [6, 6.07) is 7.76. The van der Waals surface area contributed by atoms with Gasteiger partial charge in [-0.15, -0.1) is 0 Å². The fourth-order valence-electron chi connectivity index (χ4n) is 2.90. The molecule has 0 saturated carbocycles. The Bertz CT molecular complexity index is 608. The Morgan fingerprint density at radius 1 is 1.41 bits per heavy atom. The topological polar surface area (TPSA) is 66.6 Å². The maximum Gasteiger partial charge on any atom is 0.257 e. The third-order valence-electron chi connectivity index (χ3n) is 4.00. The molecule has 1 aromatic carbocycles. The van der Waals surface area contributed by atoms with Crippen molar-refractivity contribution < 1.29 is 14.3 Å². The average Bonchev–Trinajstić information content (AvgIpc) is 2.96. The minimum atomic E-state index is 0.102. The van der Waals surface area contributed by atoms with E-state index >= 15 is 0 Å². The second-order valence-electron chi connectivity index (χ2n) is 5.49. The van der Waals surface area contributed by atoms with E-state index in [1.165, 1.54) is 11.8 Å². The van der Waals surface area contributed by atoms with Gasteiger partial charge in [-0.2, -0.15) is 0 Å². The zero-order valence-electron chi connectivity index (χ0n) is 12.4. The summed E-state index contributed by atoms with van der Waals surface area (Å²) in [4.78, 5) is 18.7. The van der Waals surface area contributed by atoms with Gasteiger partial charge in [0.15, 0.2) is 5.58 Å². The molecule has 1 fully saturated rings. The molecule has 6 heteroatoms. The van der Waals surface area contributed by atoms with Gasteiger partial charge in [0.05, 0.1) is 5.75 Å². The van der Waals surface area contributed by atoms with Crippen molar-refractivity contribution in [1.82, 2.24) is 9.88 Å². The van der Waals surface area contributed by atoms with E-state index in [1.54, 1.807) is 0 Å². The Kier molecular flexibility index (Phi) is 5.00. The predicted molar refractivity (Wildman–Crippen MR) is 85.8 cm³/mol. The molecule has 1 aliphatic rings. The highest BCUT2D eigenvalue weighted by molar-refractivity contribution is 7.99. The highest BCUT2D eigenvalue weighted by Gasteiger charge is 2.26. The quantitative estimate of drug-likeness (QED) is 0.858. The summed E-state index contributed by atoms with van der Waals surface area (Å²) >= 11 is 1.34. The van der Waals surface area contributed by atoms with Crippen LogP contribution in [0.3, 0.4) is 0 Å². The molecule has 2 aromatic rings. The van der Waals surface area contributed by atoms with Crippen molar-refractivity contribution in [2.75, 3.05) is 18.9 Å². The highest BCUT2D eigenvalue weighted by Crippen LogP contribution is 2.25. The van der Waals surface area contributed by atoms with Crippen molar-refractivity contribution in [3.63, 3.8) is 0 Å². The maximum absolute atomic E-state index is 12.4. The third kappa shape index (κ3) is 3.44. The number of aliphatic hydroxyl groups is 1. The number of para-hydroxylation sites is 2. The molecule has 1 unspecified atom stereocenters. The SMILES string of the molecule is O=C(CSc1nc2ccccc2o1)N1CCCCC1CCO. The van der Waals surface area contributed by atoms with Gasteiger partial charge >= 0.3 is 0 Å². The maximum atomic E-state index is 12.4. The van der Waals surface area contributed by atoms with Crippen LogP contribution in [0.5, 0.6) is 0 Å². The minimum Gasteiger partial charge on any atom is -0.431 e. The van der Waals surface area contributed by atoms with Gasteiger partial charge in [0.2, 0.25) is 5.91 Å². The Morgan fingerprint density at radius 2 is 2.27 bits per heavy atom. The largest absolute Gasteiger partial charge is 0.431 e. The van der Waals surface area contributed by atoms with Gasteiger partial charge < -0.3 is 14.4 Å². The number of benzene rings is 1. The molecular formula is C16H20N2O3S. The molecule has 118 valence electrons. The molecule has 0 spiro atoms. The molecular weight excluding hydrogens is 300 g/mol. The van der Waals surface area contributed by atoms with Gasteiger partial charge in [-0.25, -0.2) is 4.98 Å². The van der Waals surface area contributed by atoms with Crippen molar-refractivity contribution >= 4 is 28.8 Å². The smallest absolute Gasteiger partial charge is 0.257 e. The number of likely N-dealkylation sites (tertiary alicyclic amines) is 1. The first-order chi connectivity index (χ1) is 10.8. The van der Waals surface area contributed by atoms with Gasteiger partial charge in [0.25, 0.3) is 5.22 Å². The molecule has 2 heterocycles. The second-order valence-corrected chi connectivity index (χ2v) is 6.41. The Balaban J connectivity index is 1.61. The molecule has 0 radical (unpaired) electrons. The lowest BCUT2D eigenvalue weighted by atomic mass is 10.00. The molecule has 3 rings (SSSR count). The highest BCUT2D eigenvalue weighted by atomic mass is 32.2. The fraction of sp³-hybridized carbons (Fsp3) is 0.500. The van der Waals surface area contributed by atoms with E-state index in [0.717, 1.165) is 36.9 Å². The first kappa shape index (κ1) is 15.4. The Morgan fingerprint density at radius 3 is 3.09 bits per heavy atom. The van der Waals surface area contributed by atoms with Crippen molar-refractivity contribution in [2.24, 2.45) is 0 Å². The summed E-state index contributed by atoms with van der Waals surface area (Å²) in [7, 11) is 0. The minimum absolute atomic E-state index is 0.102. The second kappa shape index (κ2) is 7.15. The van der Waals surface area contributed by atoms with Crippen LogP contribution < -0.4 is 0 Å². The van der Waals surface area contributed by atoms with Crippen molar-refractivity contribution in [3.8, 4) is 0 Å². The number of aliphatic hydroxyl groups excluding tert-OH is 1. The summed E-state index contributed by atoms with van der Waals surface area (Å²) < 4.78 is 5.62. The summed E-state index contributed by atoms with van der Waals surface area (Å²) in [6.45, 7) is 0.921. The van der Waals surface area contributed by atoms with Crippen molar-refractivity contribution in [1.29, 1.82) is 0 Å². The van der Waals surface area contributed by atoms with E-state index < -0.39 is 0 Å². The lowest BCUT2D eigenvalue weighted by molar-refractivity contribution is -0.132. The van der Waals surface area contributed by atoms with E-state index in [2.05, 4.69) is 4.98 Å². The Labute approximate surface area is 133 Å². The monoisotopic (exact) mass is 320 g/mol. The zero-order chi connectivity index (χ0) is 15.4. The van der Waals surface area contributed by atoms with Crippen LogP contribution >= 0.6 is 11.8 Å². The molecule has 1 aliphatic heterocycles. The van der Waals surface area contributed by atoms with Crippen LogP contribution in [0.1, 0.15) is 25.7 Å². The van der Waals surface area contributed by atoms with Crippen molar-refractivity contribution in [2.45, 2.75) is 36.9 Å². The molecule has 5 nitrogen and oxygen atoms in total. The van der Waals surface area contributed by atoms with E-state index in [1.807, 2.05) is 29.2 Å². The van der Waals surface area contributed by atoms with Gasteiger partial charge in [-0.1, -0.05) is 23.9 Å². The first-order valence-corrected chi connectivity index (χ1v) is 8.65. The summed E-state index contributed by atoms with van der Waals surface area (Å²) in [5, 5.41) is 9.67. The summed E-state index contributed by atoms with van der Waals surface area (Å²) in [5.41, 5.74) is 1.56. The third-order valence-corrected chi connectivity index (χ3v) is 4.82. The van der Waals surface area contributed by atoms with E-state index in [-0.39, 0.29) is 18.6 Å². The number of aromatic nitrogens is 1. The van der Waals surface area contributed by atoms with Gasteiger partial charge in [-0.3, -0.25) is 4.79 Å². The van der Waals surface area contributed by atoms with E-state index in [4.69, 9.17) is 9.52 Å². The molecule has 1 saturated heterocycles. The molecule has 22 heavy (non-hydrogen) atoms. The normalized spacial score (nSPS) is 18.8. The van der Waals surface area contributed by atoms with Gasteiger partial charge in [-0.05, 0) is 37.8 Å². The lowest BCUT2D eigenvalue weighted by Gasteiger charge is -2.35. The molecule has 1 amide bonds. The van der Waals surface area contributed by atoms with E-state index in [9.17, 15) is 4.79 Å². The average molecular weight is 320 g/mol. The van der Waals surface area contributed by atoms with Gasteiger partial charge in [0, 0.05) is 19.2 Å². The van der Waals surface area contributed by atoms with Crippen LogP contribution in [-0.2, 0) is 4.79 Å². The number of amides is 1. The van der Waals surface area contributed by atoms with Crippen LogP contribution in [0.15, 0.2) is 33.9 Å². The molecule has 1 aromatic heterocycles. The zero-order valence-corrected chi connectivity index (χ0v) is 13.2. The lowest BCUT2D eigenvalue weighted by Crippen LogP contribution is -2.45. The number of nitrogens with zero attached hydrogens (tertiary/aromatic N) is 2. The molecule has 0 bridgehead atoms. The molecule has 0 aliphatic carbocycles. The summed E-state index contributed by atoms with van der Waals surface area (Å²) in [6.07, 6.45) is 3.83. The number of hydrogen-bond donors (Lipinski definition) is 1.